The van der Waals surface area contributed by atoms with Crippen LogP contribution in [0.4, 0.5) is 4.79 Å². The second kappa shape index (κ2) is 6.91. The number of primary amides is 1. The average Bonchev–Trinajstić information content (AvgIpc) is 2.94. The van der Waals surface area contributed by atoms with E-state index in [2.05, 4.69) is 63.2 Å². The first kappa shape index (κ1) is 17.5. The van der Waals surface area contributed by atoms with Crippen LogP contribution in [-0.4, -0.2) is 6.09 Å². The van der Waals surface area contributed by atoms with E-state index >= 15 is 0 Å². The largest absolute Gasteiger partial charge is 0.441 e. The number of benzene rings is 2. The van der Waals surface area contributed by atoms with Gasteiger partial charge in [0.25, 0.3) is 0 Å². The molecule has 2 N–H and O–H groups in total. The molecular weight excluding hydrogens is 310 g/mol. The topological polar surface area (TPSA) is 52.3 Å². The summed E-state index contributed by atoms with van der Waals surface area (Å²) in [6, 6.07) is 15.2. The second-order valence-electron chi connectivity index (χ2n) is 7.03. The molecule has 1 aliphatic rings. The van der Waals surface area contributed by atoms with Gasteiger partial charge in [-0.3, -0.25) is 0 Å². The van der Waals surface area contributed by atoms with E-state index < -0.39 is 6.09 Å². The molecule has 1 unspecified atom stereocenters. The van der Waals surface area contributed by atoms with Gasteiger partial charge in [0.2, 0.25) is 0 Å². The van der Waals surface area contributed by atoms with Crippen molar-refractivity contribution >= 4 is 6.09 Å². The number of hydrogen-bond donors (Lipinski definition) is 1. The zero-order valence-corrected chi connectivity index (χ0v) is 15.3. The third-order valence-corrected chi connectivity index (χ3v) is 5.86. The molecule has 3 heteroatoms. The van der Waals surface area contributed by atoms with Crippen LogP contribution >= 0.6 is 0 Å². The molecule has 0 radical (unpaired) electrons. The predicted octanol–water partition coefficient (Wildman–Crippen LogP) is 5.41. The third kappa shape index (κ3) is 3.15. The van der Waals surface area contributed by atoms with Crippen molar-refractivity contribution in [2.75, 3.05) is 0 Å². The molecule has 0 heterocycles. The Hall–Kier alpha value is -2.29. The first-order valence-electron chi connectivity index (χ1n) is 9.21. The fourth-order valence-electron chi connectivity index (χ4n) is 4.10. The number of aryl methyl sites for hydroxylation is 1. The highest BCUT2D eigenvalue weighted by molar-refractivity contribution is 5.68. The van der Waals surface area contributed by atoms with Crippen LogP contribution in [0, 0.1) is 5.41 Å². The number of rotatable bonds is 5. The highest BCUT2D eigenvalue weighted by Gasteiger charge is 2.46. The molecule has 0 aliphatic heterocycles. The number of hydrogen-bond acceptors (Lipinski definition) is 2. The fraction of sp³-hybridized carbons (Fsp3) is 0.409. The summed E-state index contributed by atoms with van der Waals surface area (Å²) in [5.74, 6) is 0. The van der Waals surface area contributed by atoms with Gasteiger partial charge in [-0.15, -0.1) is 0 Å². The van der Waals surface area contributed by atoms with Gasteiger partial charge in [0.15, 0.2) is 0 Å². The molecule has 0 aromatic heterocycles. The fourth-order valence-corrected chi connectivity index (χ4v) is 4.10. The molecular formula is C22H27NO2. The standard InChI is InChI=1S/C22H27NO2/c1-4-15-7-9-16(10-8-15)17-11-12-19-18(13-17)14-22(5-2,6-3)20(19)25-21(23)24/h7-13,20H,4-6,14H2,1-3H3,(H2,23,24). The molecule has 0 spiro atoms. The Kier molecular flexibility index (Phi) is 4.85. The molecule has 2 aromatic carbocycles. The summed E-state index contributed by atoms with van der Waals surface area (Å²) in [5.41, 5.74) is 11.4. The first-order valence-corrected chi connectivity index (χ1v) is 9.21. The number of carbonyl (C=O) groups excluding carboxylic acids is 1. The van der Waals surface area contributed by atoms with Gasteiger partial charge in [-0.1, -0.05) is 63.2 Å². The zero-order valence-electron chi connectivity index (χ0n) is 15.3. The number of nitrogens with two attached hydrogens (primary N) is 1. The average molecular weight is 337 g/mol. The van der Waals surface area contributed by atoms with Gasteiger partial charge >= 0.3 is 6.09 Å². The number of amides is 1. The molecule has 3 rings (SSSR count). The maximum Gasteiger partial charge on any atom is 0.405 e. The summed E-state index contributed by atoms with van der Waals surface area (Å²) in [6.07, 6.45) is 2.95. The minimum atomic E-state index is -0.691. The highest BCUT2D eigenvalue weighted by atomic mass is 16.6. The first-order chi connectivity index (χ1) is 12.0. The Labute approximate surface area is 150 Å². The zero-order chi connectivity index (χ0) is 18.0. The van der Waals surface area contributed by atoms with Crippen molar-refractivity contribution in [2.45, 2.75) is 52.6 Å². The van der Waals surface area contributed by atoms with Crippen molar-refractivity contribution in [1.29, 1.82) is 0 Å². The number of ether oxygens (including phenoxy) is 1. The molecule has 25 heavy (non-hydrogen) atoms. The van der Waals surface area contributed by atoms with Crippen LogP contribution in [0.25, 0.3) is 11.1 Å². The van der Waals surface area contributed by atoms with Gasteiger partial charge in [-0.05, 0) is 53.5 Å². The maximum absolute atomic E-state index is 11.4. The van der Waals surface area contributed by atoms with Crippen LogP contribution in [0.5, 0.6) is 0 Å². The van der Waals surface area contributed by atoms with Crippen molar-refractivity contribution in [3.63, 3.8) is 0 Å². The lowest BCUT2D eigenvalue weighted by Gasteiger charge is -2.32. The van der Waals surface area contributed by atoms with Gasteiger partial charge in [0.05, 0.1) is 0 Å². The lowest BCUT2D eigenvalue weighted by atomic mass is 9.77. The van der Waals surface area contributed by atoms with Crippen LogP contribution in [-0.2, 0) is 17.6 Å². The van der Waals surface area contributed by atoms with Gasteiger partial charge in [0.1, 0.15) is 6.10 Å². The maximum atomic E-state index is 11.4. The van der Waals surface area contributed by atoms with Crippen LogP contribution < -0.4 is 5.73 Å². The third-order valence-electron chi connectivity index (χ3n) is 5.86. The van der Waals surface area contributed by atoms with E-state index in [9.17, 15) is 4.79 Å². The van der Waals surface area contributed by atoms with Crippen molar-refractivity contribution in [1.82, 2.24) is 0 Å². The normalized spacial score (nSPS) is 18.0. The van der Waals surface area contributed by atoms with Gasteiger partial charge in [-0.2, -0.15) is 0 Å². The molecule has 0 fully saturated rings. The van der Waals surface area contributed by atoms with Crippen LogP contribution in [0.3, 0.4) is 0 Å². The van der Waals surface area contributed by atoms with Crippen LogP contribution in [0.2, 0.25) is 0 Å². The van der Waals surface area contributed by atoms with E-state index in [0.717, 1.165) is 31.2 Å². The van der Waals surface area contributed by atoms with Crippen molar-refractivity contribution in [3.8, 4) is 11.1 Å². The predicted molar refractivity (Wildman–Crippen MR) is 101 cm³/mol. The molecule has 0 bridgehead atoms. The number of carbonyl (C=O) groups is 1. The lowest BCUT2D eigenvalue weighted by molar-refractivity contribution is 0.0140. The van der Waals surface area contributed by atoms with Crippen molar-refractivity contribution in [3.05, 3.63) is 59.2 Å². The minimum absolute atomic E-state index is 0.0535. The molecule has 1 amide bonds. The van der Waals surface area contributed by atoms with Gasteiger partial charge < -0.3 is 10.5 Å². The monoisotopic (exact) mass is 337 g/mol. The lowest BCUT2D eigenvalue weighted by Crippen LogP contribution is -2.30. The van der Waals surface area contributed by atoms with Crippen LogP contribution in [0.15, 0.2) is 42.5 Å². The van der Waals surface area contributed by atoms with E-state index in [1.54, 1.807) is 0 Å². The minimum Gasteiger partial charge on any atom is -0.441 e. The van der Waals surface area contributed by atoms with E-state index in [1.807, 2.05) is 0 Å². The molecule has 1 aliphatic carbocycles. The summed E-state index contributed by atoms with van der Waals surface area (Å²) in [6.45, 7) is 6.49. The molecule has 2 aromatic rings. The van der Waals surface area contributed by atoms with E-state index in [4.69, 9.17) is 10.5 Å². The Bertz CT molecular complexity index is 760. The second-order valence-corrected chi connectivity index (χ2v) is 7.03. The van der Waals surface area contributed by atoms with E-state index in [-0.39, 0.29) is 11.5 Å². The Morgan fingerprint density at radius 1 is 1.08 bits per heavy atom. The van der Waals surface area contributed by atoms with E-state index in [1.165, 1.54) is 22.3 Å². The molecule has 0 saturated carbocycles. The molecule has 132 valence electrons. The van der Waals surface area contributed by atoms with Gasteiger partial charge in [0, 0.05) is 5.41 Å². The highest BCUT2D eigenvalue weighted by Crippen LogP contribution is 2.52. The SMILES string of the molecule is CCc1ccc(-c2ccc3c(c2)CC(CC)(CC)C3OC(N)=O)cc1. The number of fused-ring (bicyclic) bond motifs is 1. The van der Waals surface area contributed by atoms with Crippen LogP contribution in [0.1, 0.15) is 56.4 Å². The smallest absolute Gasteiger partial charge is 0.405 e. The summed E-state index contributed by atoms with van der Waals surface area (Å²) < 4.78 is 5.55. The molecule has 1 atom stereocenters. The molecule has 3 nitrogen and oxygen atoms in total. The van der Waals surface area contributed by atoms with E-state index in [0.29, 0.717) is 0 Å². The Morgan fingerprint density at radius 2 is 1.72 bits per heavy atom. The Morgan fingerprint density at radius 3 is 2.28 bits per heavy atom. The van der Waals surface area contributed by atoms with Crippen molar-refractivity contribution in [2.24, 2.45) is 11.1 Å². The summed E-state index contributed by atoms with van der Waals surface area (Å²) in [4.78, 5) is 11.4. The van der Waals surface area contributed by atoms with Crippen molar-refractivity contribution < 1.29 is 9.53 Å². The quantitative estimate of drug-likeness (QED) is 0.792. The summed E-state index contributed by atoms with van der Waals surface area (Å²) in [5, 5.41) is 0. The summed E-state index contributed by atoms with van der Waals surface area (Å²) >= 11 is 0. The van der Waals surface area contributed by atoms with Gasteiger partial charge in [-0.25, -0.2) is 4.79 Å². The molecule has 0 saturated heterocycles. The summed E-state index contributed by atoms with van der Waals surface area (Å²) in [7, 11) is 0. The Balaban J connectivity index is 1.99.